The number of esters is 2. The second-order valence-electron chi connectivity index (χ2n) is 4.55. The molecule has 1 aromatic rings. The number of hydrogen-bond donors (Lipinski definition) is 0. The smallest absolute Gasteiger partial charge is 0.320 e. The van der Waals surface area contributed by atoms with Gasteiger partial charge in [-0.3, -0.25) is 9.59 Å². The molecule has 21 heavy (non-hydrogen) atoms. The van der Waals surface area contributed by atoms with Crippen molar-refractivity contribution in [1.82, 2.24) is 0 Å². The van der Waals surface area contributed by atoms with Crippen molar-refractivity contribution in [3.05, 3.63) is 48.6 Å². The van der Waals surface area contributed by atoms with Crippen LogP contribution in [0, 0.1) is 5.92 Å². The van der Waals surface area contributed by atoms with Crippen LogP contribution in [-0.2, 0) is 19.1 Å². The highest BCUT2D eigenvalue weighted by atomic mass is 16.6. The van der Waals surface area contributed by atoms with Gasteiger partial charge in [0.25, 0.3) is 0 Å². The summed E-state index contributed by atoms with van der Waals surface area (Å²) in [6.07, 6.45) is 2.03. The number of hydrogen-bond acceptors (Lipinski definition) is 4. The molecule has 0 aromatic heterocycles. The first-order valence-corrected chi connectivity index (χ1v) is 7.14. The van der Waals surface area contributed by atoms with Crippen LogP contribution in [0.4, 0.5) is 0 Å². The largest absolute Gasteiger partial charge is 0.465 e. The van der Waals surface area contributed by atoms with E-state index in [0.717, 1.165) is 5.56 Å². The van der Waals surface area contributed by atoms with Gasteiger partial charge >= 0.3 is 11.9 Å². The summed E-state index contributed by atoms with van der Waals surface area (Å²) in [5, 5.41) is 0. The predicted octanol–water partition coefficient (Wildman–Crippen LogP) is 3.09. The molecule has 0 bridgehead atoms. The van der Waals surface area contributed by atoms with Crippen molar-refractivity contribution in [3.8, 4) is 0 Å². The zero-order valence-electron chi connectivity index (χ0n) is 12.6. The van der Waals surface area contributed by atoms with Gasteiger partial charge < -0.3 is 9.47 Å². The molecular formula is C17H22O4. The van der Waals surface area contributed by atoms with Gasteiger partial charge in [-0.15, -0.1) is 6.58 Å². The summed E-state index contributed by atoms with van der Waals surface area (Å²) in [6, 6.07) is 9.63. The maximum atomic E-state index is 12.0. The molecule has 0 amide bonds. The summed E-state index contributed by atoms with van der Waals surface area (Å²) in [7, 11) is 0. The summed E-state index contributed by atoms with van der Waals surface area (Å²) in [5.41, 5.74) is 1.01. The van der Waals surface area contributed by atoms with Crippen LogP contribution in [0.15, 0.2) is 43.0 Å². The molecular weight excluding hydrogens is 268 g/mol. The van der Waals surface area contributed by atoms with Crippen molar-refractivity contribution < 1.29 is 19.1 Å². The topological polar surface area (TPSA) is 52.6 Å². The van der Waals surface area contributed by atoms with Crippen LogP contribution in [0.25, 0.3) is 0 Å². The first-order valence-electron chi connectivity index (χ1n) is 7.14. The molecule has 4 heteroatoms. The summed E-state index contributed by atoms with van der Waals surface area (Å²) < 4.78 is 9.96. The summed E-state index contributed by atoms with van der Waals surface area (Å²) >= 11 is 0. The number of carbonyl (C=O) groups excluding carboxylic acids is 2. The Labute approximate surface area is 125 Å². The van der Waals surface area contributed by atoms with E-state index in [9.17, 15) is 9.59 Å². The average Bonchev–Trinajstić information content (AvgIpc) is 2.49. The number of carbonyl (C=O) groups is 2. The Morgan fingerprint density at radius 1 is 1.10 bits per heavy atom. The third kappa shape index (κ3) is 5.06. The molecule has 1 rings (SSSR count). The van der Waals surface area contributed by atoms with Crippen molar-refractivity contribution in [2.45, 2.75) is 26.2 Å². The molecule has 4 nitrogen and oxygen atoms in total. The van der Waals surface area contributed by atoms with E-state index in [1.165, 1.54) is 0 Å². The highest BCUT2D eigenvalue weighted by molar-refractivity contribution is 5.95. The Kier molecular flexibility index (Phi) is 7.23. The van der Waals surface area contributed by atoms with Crippen molar-refractivity contribution in [1.29, 1.82) is 0 Å². The molecule has 0 aliphatic carbocycles. The maximum absolute atomic E-state index is 12.0. The van der Waals surface area contributed by atoms with Gasteiger partial charge in [-0.2, -0.15) is 0 Å². The van der Waals surface area contributed by atoms with Crippen LogP contribution in [0.1, 0.15) is 31.7 Å². The van der Waals surface area contributed by atoms with Gasteiger partial charge in [0, 0.05) is 5.92 Å². The minimum atomic E-state index is -0.923. The zero-order chi connectivity index (χ0) is 15.7. The maximum Gasteiger partial charge on any atom is 0.320 e. The van der Waals surface area contributed by atoms with Crippen LogP contribution in [-0.4, -0.2) is 25.2 Å². The van der Waals surface area contributed by atoms with Crippen LogP contribution >= 0.6 is 0 Å². The van der Waals surface area contributed by atoms with E-state index in [4.69, 9.17) is 9.47 Å². The average molecular weight is 290 g/mol. The zero-order valence-corrected chi connectivity index (χ0v) is 12.6. The fraction of sp³-hybridized carbons (Fsp3) is 0.412. The molecule has 0 saturated carbocycles. The van der Waals surface area contributed by atoms with E-state index in [1.54, 1.807) is 19.9 Å². The monoisotopic (exact) mass is 290 g/mol. The summed E-state index contributed by atoms with van der Waals surface area (Å²) in [6.45, 7) is 7.69. The normalized spacial score (nSPS) is 11.8. The number of rotatable bonds is 8. The minimum absolute atomic E-state index is 0.106. The molecule has 0 heterocycles. The molecule has 1 atom stereocenters. The van der Waals surface area contributed by atoms with Crippen LogP contribution in [0.2, 0.25) is 0 Å². The minimum Gasteiger partial charge on any atom is -0.465 e. The molecule has 0 aliphatic heterocycles. The first-order chi connectivity index (χ1) is 10.1. The van der Waals surface area contributed by atoms with Crippen molar-refractivity contribution >= 4 is 11.9 Å². The molecule has 0 spiro atoms. The van der Waals surface area contributed by atoms with Crippen molar-refractivity contribution in [2.75, 3.05) is 13.2 Å². The summed E-state index contributed by atoms with van der Waals surface area (Å²) in [4.78, 5) is 24.0. The SMILES string of the molecule is C=CC(CC(C(=O)OCC)C(=O)OCC)c1ccccc1. The standard InChI is InChI=1S/C17H22O4/c1-4-13(14-10-8-7-9-11-14)12-15(16(18)20-5-2)17(19)21-6-3/h4,7-11,13,15H,1,5-6,12H2,2-3H3. The second kappa shape index (κ2) is 8.95. The van der Waals surface area contributed by atoms with Crippen molar-refractivity contribution in [3.63, 3.8) is 0 Å². The lowest BCUT2D eigenvalue weighted by molar-refractivity contribution is -0.162. The van der Waals surface area contributed by atoms with E-state index in [-0.39, 0.29) is 19.1 Å². The molecule has 0 aliphatic rings. The molecule has 1 unspecified atom stereocenters. The molecule has 0 N–H and O–H groups in total. The van der Waals surface area contributed by atoms with Crippen LogP contribution < -0.4 is 0 Å². The Bertz CT molecular complexity index is 449. The highest BCUT2D eigenvalue weighted by Gasteiger charge is 2.31. The van der Waals surface area contributed by atoms with Gasteiger partial charge in [0.15, 0.2) is 5.92 Å². The van der Waals surface area contributed by atoms with Gasteiger partial charge in [0.2, 0.25) is 0 Å². The van der Waals surface area contributed by atoms with E-state index < -0.39 is 17.9 Å². The Balaban J connectivity index is 2.90. The molecule has 0 saturated heterocycles. The Morgan fingerprint density at radius 3 is 2.05 bits per heavy atom. The lowest BCUT2D eigenvalue weighted by Gasteiger charge is -2.19. The number of ether oxygens (including phenoxy) is 2. The van der Waals surface area contributed by atoms with E-state index in [2.05, 4.69) is 6.58 Å². The van der Waals surface area contributed by atoms with E-state index in [1.807, 2.05) is 30.3 Å². The van der Waals surface area contributed by atoms with Gasteiger partial charge in [-0.05, 0) is 25.8 Å². The lowest BCUT2D eigenvalue weighted by Crippen LogP contribution is -2.29. The highest BCUT2D eigenvalue weighted by Crippen LogP contribution is 2.26. The first kappa shape index (κ1) is 17.0. The van der Waals surface area contributed by atoms with Crippen LogP contribution in [0.5, 0.6) is 0 Å². The third-order valence-corrected chi connectivity index (χ3v) is 3.14. The fourth-order valence-electron chi connectivity index (χ4n) is 2.10. The van der Waals surface area contributed by atoms with Crippen LogP contribution in [0.3, 0.4) is 0 Å². The molecule has 1 aromatic carbocycles. The van der Waals surface area contributed by atoms with Gasteiger partial charge in [0.05, 0.1) is 13.2 Å². The Hall–Kier alpha value is -2.10. The lowest BCUT2D eigenvalue weighted by atomic mass is 9.89. The molecule has 0 radical (unpaired) electrons. The second-order valence-corrected chi connectivity index (χ2v) is 4.55. The van der Waals surface area contributed by atoms with Gasteiger partial charge in [-0.25, -0.2) is 0 Å². The quantitative estimate of drug-likeness (QED) is 0.419. The molecule has 0 fully saturated rings. The number of benzene rings is 1. The van der Waals surface area contributed by atoms with Gasteiger partial charge in [0.1, 0.15) is 0 Å². The van der Waals surface area contributed by atoms with Gasteiger partial charge in [-0.1, -0.05) is 36.4 Å². The fourth-order valence-corrected chi connectivity index (χ4v) is 2.10. The Morgan fingerprint density at radius 2 is 1.62 bits per heavy atom. The van der Waals surface area contributed by atoms with E-state index >= 15 is 0 Å². The molecule has 114 valence electrons. The van der Waals surface area contributed by atoms with Crippen molar-refractivity contribution in [2.24, 2.45) is 5.92 Å². The number of allylic oxidation sites excluding steroid dienone is 1. The summed E-state index contributed by atoms with van der Waals surface area (Å²) in [5.74, 6) is -2.12. The van der Waals surface area contributed by atoms with E-state index in [0.29, 0.717) is 6.42 Å². The third-order valence-electron chi connectivity index (χ3n) is 3.14. The predicted molar refractivity (Wildman–Crippen MR) is 80.8 cm³/mol.